The third-order valence-electron chi connectivity index (χ3n) is 3.92. The Kier molecular flexibility index (Phi) is 5.05. The maximum Gasteiger partial charge on any atom is 0.287 e. The van der Waals surface area contributed by atoms with Gasteiger partial charge in [0.2, 0.25) is 5.95 Å². The van der Waals surface area contributed by atoms with Crippen LogP contribution in [0.3, 0.4) is 0 Å². The van der Waals surface area contributed by atoms with E-state index in [2.05, 4.69) is 40.8 Å². The van der Waals surface area contributed by atoms with Crippen LogP contribution in [0.15, 0.2) is 27.9 Å². The summed E-state index contributed by atoms with van der Waals surface area (Å²) >= 11 is 9.62. The number of hydrogen-bond acceptors (Lipinski definition) is 6. The Labute approximate surface area is 153 Å². The molecule has 0 aliphatic carbocycles. The zero-order valence-corrected chi connectivity index (χ0v) is 15.8. The maximum absolute atomic E-state index is 12.3. The molecule has 2 aromatic heterocycles. The Morgan fingerprint density at radius 3 is 2.25 bits per heavy atom. The summed E-state index contributed by atoms with van der Waals surface area (Å²) in [4.78, 5) is 25.1. The number of halogens is 2. The highest BCUT2D eigenvalue weighted by Gasteiger charge is 2.22. The second kappa shape index (κ2) is 7.06. The molecule has 1 fully saturated rings. The molecule has 9 heteroatoms. The number of rotatable bonds is 3. The van der Waals surface area contributed by atoms with Gasteiger partial charge in [-0.25, -0.2) is 14.6 Å². The van der Waals surface area contributed by atoms with Gasteiger partial charge in [-0.15, -0.1) is 0 Å². The minimum atomic E-state index is -0.247. The van der Waals surface area contributed by atoms with E-state index >= 15 is 0 Å². The van der Waals surface area contributed by atoms with Gasteiger partial charge in [0.25, 0.3) is 5.56 Å². The van der Waals surface area contributed by atoms with Gasteiger partial charge < -0.3 is 9.80 Å². The van der Waals surface area contributed by atoms with Crippen LogP contribution in [0.4, 0.5) is 11.6 Å². The first-order chi connectivity index (χ1) is 11.5. The molecule has 0 radical (unpaired) electrons. The van der Waals surface area contributed by atoms with Crippen LogP contribution in [0.2, 0.25) is 5.02 Å². The van der Waals surface area contributed by atoms with Crippen molar-refractivity contribution in [1.82, 2.24) is 19.7 Å². The van der Waals surface area contributed by atoms with Crippen LogP contribution in [0.25, 0.3) is 0 Å². The molecular weight excluding hydrogens is 396 g/mol. The second-order valence-electron chi connectivity index (χ2n) is 5.86. The molecule has 1 aliphatic heterocycles. The standard InChI is InChI=1S/C15H18BrClN6O/c1-10(2)23-14(24)13(17)12(9-20-23)21-3-5-22(6-4-21)15-18-7-11(16)8-19-15/h7-10H,3-6H2,1-2H3. The summed E-state index contributed by atoms with van der Waals surface area (Å²) in [5.41, 5.74) is 0.442. The van der Waals surface area contributed by atoms with Crippen molar-refractivity contribution in [1.29, 1.82) is 0 Å². The van der Waals surface area contributed by atoms with Gasteiger partial charge in [-0.2, -0.15) is 5.10 Å². The minimum Gasteiger partial charge on any atom is -0.365 e. The summed E-state index contributed by atoms with van der Waals surface area (Å²) in [6, 6.07) is -0.0181. The van der Waals surface area contributed by atoms with E-state index in [1.807, 2.05) is 13.8 Å². The van der Waals surface area contributed by atoms with Crippen molar-refractivity contribution in [2.24, 2.45) is 0 Å². The molecule has 1 aliphatic rings. The third-order valence-corrected chi connectivity index (χ3v) is 4.69. The van der Waals surface area contributed by atoms with Crippen molar-refractivity contribution in [2.45, 2.75) is 19.9 Å². The van der Waals surface area contributed by atoms with E-state index in [1.54, 1.807) is 18.6 Å². The zero-order chi connectivity index (χ0) is 17.3. The van der Waals surface area contributed by atoms with Crippen LogP contribution in [0, 0.1) is 0 Å². The molecule has 1 saturated heterocycles. The molecule has 0 spiro atoms. The Hall–Kier alpha value is -1.67. The molecule has 0 N–H and O–H groups in total. The van der Waals surface area contributed by atoms with Gasteiger partial charge in [0.1, 0.15) is 5.02 Å². The average molecular weight is 414 g/mol. The molecule has 0 atom stereocenters. The fourth-order valence-corrected chi connectivity index (χ4v) is 3.10. The molecule has 7 nitrogen and oxygen atoms in total. The van der Waals surface area contributed by atoms with E-state index in [0.717, 1.165) is 30.7 Å². The van der Waals surface area contributed by atoms with Gasteiger partial charge >= 0.3 is 0 Å². The largest absolute Gasteiger partial charge is 0.365 e. The van der Waals surface area contributed by atoms with Crippen molar-refractivity contribution < 1.29 is 0 Å². The Morgan fingerprint density at radius 2 is 1.67 bits per heavy atom. The summed E-state index contributed by atoms with van der Waals surface area (Å²) in [5, 5.41) is 4.46. The molecule has 0 aromatic carbocycles. The van der Waals surface area contributed by atoms with E-state index in [4.69, 9.17) is 11.6 Å². The van der Waals surface area contributed by atoms with Gasteiger partial charge in [0.05, 0.1) is 22.4 Å². The molecular formula is C15H18BrClN6O. The molecule has 3 heterocycles. The highest BCUT2D eigenvalue weighted by atomic mass is 79.9. The molecule has 0 saturated carbocycles. The molecule has 24 heavy (non-hydrogen) atoms. The normalized spacial score (nSPS) is 15.2. The van der Waals surface area contributed by atoms with Crippen molar-refractivity contribution in [3.8, 4) is 0 Å². The van der Waals surface area contributed by atoms with Gasteiger partial charge in [-0.1, -0.05) is 11.6 Å². The highest BCUT2D eigenvalue weighted by Crippen LogP contribution is 2.23. The number of nitrogens with zero attached hydrogens (tertiary/aromatic N) is 6. The van der Waals surface area contributed by atoms with Crippen LogP contribution < -0.4 is 15.4 Å². The second-order valence-corrected chi connectivity index (χ2v) is 7.16. The maximum atomic E-state index is 12.3. The van der Waals surface area contributed by atoms with E-state index < -0.39 is 0 Å². The average Bonchev–Trinajstić information content (AvgIpc) is 2.58. The molecule has 3 rings (SSSR count). The Morgan fingerprint density at radius 1 is 1.08 bits per heavy atom. The SMILES string of the molecule is CC(C)n1ncc(N2CCN(c3ncc(Br)cn3)CC2)c(Cl)c1=O. The number of hydrogen-bond donors (Lipinski definition) is 0. The zero-order valence-electron chi connectivity index (χ0n) is 13.5. The predicted molar refractivity (Wildman–Crippen MR) is 98.1 cm³/mol. The topological polar surface area (TPSA) is 67.2 Å². The number of aromatic nitrogens is 4. The number of piperazine rings is 1. The monoisotopic (exact) mass is 412 g/mol. The summed E-state index contributed by atoms with van der Waals surface area (Å²) in [6.07, 6.45) is 5.15. The lowest BCUT2D eigenvalue weighted by atomic mass is 10.3. The summed E-state index contributed by atoms with van der Waals surface area (Å²) < 4.78 is 2.26. The van der Waals surface area contributed by atoms with Crippen LogP contribution in [0.1, 0.15) is 19.9 Å². The quantitative estimate of drug-likeness (QED) is 0.769. The van der Waals surface area contributed by atoms with E-state index in [-0.39, 0.29) is 16.6 Å². The lowest BCUT2D eigenvalue weighted by Crippen LogP contribution is -2.47. The van der Waals surface area contributed by atoms with Crippen LogP contribution in [0.5, 0.6) is 0 Å². The molecule has 0 amide bonds. The van der Waals surface area contributed by atoms with E-state index in [9.17, 15) is 4.79 Å². The van der Waals surface area contributed by atoms with Crippen molar-refractivity contribution in [3.63, 3.8) is 0 Å². The highest BCUT2D eigenvalue weighted by molar-refractivity contribution is 9.10. The Bertz CT molecular complexity index is 771. The smallest absolute Gasteiger partial charge is 0.287 e. The first kappa shape index (κ1) is 17.2. The van der Waals surface area contributed by atoms with Crippen LogP contribution in [-0.2, 0) is 0 Å². The van der Waals surface area contributed by atoms with Gasteiger partial charge in [-0.3, -0.25) is 4.79 Å². The van der Waals surface area contributed by atoms with Crippen molar-refractivity contribution in [3.05, 3.63) is 38.4 Å². The molecule has 0 bridgehead atoms. The number of anilines is 2. The molecule has 0 unspecified atom stereocenters. The van der Waals surface area contributed by atoms with Gasteiger partial charge in [0, 0.05) is 38.6 Å². The fourth-order valence-electron chi connectivity index (χ4n) is 2.64. The third kappa shape index (κ3) is 3.39. The predicted octanol–water partition coefficient (Wildman–Crippen LogP) is 2.36. The lowest BCUT2D eigenvalue weighted by molar-refractivity contribution is 0.501. The summed E-state index contributed by atoms with van der Waals surface area (Å²) in [6.45, 7) is 6.77. The molecule has 2 aromatic rings. The summed E-state index contributed by atoms with van der Waals surface area (Å²) in [7, 11) is 0. The van der Waals surface area contributed by atoms with E-state index in [0.29, 0.717) is 11.6 Å². The summed E-state index contributed by atoms with van der Waals surface area (Å²) in [5.74, 6) is 0.706. The van der Waals surface area contributed by atoms with Gasteiger partial charge in [-0.05, 0) is 29.8 Å². The van der Waals surface area contributed by atoms with Crippen molar-refractivity contribution in [2.75, 3.05) is 36.0 Å². The Balaban J connectivity index is 1.74. The first-order valence-electron chi connectivity index (χ1n) is 7.72. The van der Waals surface area contributed by atoms with Crippen molar-refractivity contribution >= 4 is 39.2 Å². The van der Waals surface area contributed by atoms with Crippen LogP contribution in [-0.4, -0.2) is 45.9 Å². The first-order valence-corrected chi connectivity index (χ1v) is 8.89. The van der Waals surface area contributed by atoms with Crippen LogP contribution >= 0.6 is 27.5 Å². The minimum absolute atomic E-state index is 0.0181. The van der Waals surface area contributed by atoms with E-state index in [1.165, 1.54) is 4.68 Å². The molecule has 128 valence electrons. The lowest BCUT2D eigenvalue weighted by Gasteiger charge is -2.36. The fraction of sp³-hybridized carbons (Fsp3) is 0.467. The van der Waals surface area contributed by atoms with Gasteiger partial charge in [0.15, 0.2) is 0 Å².